The third-order valence-corrected chi connectivity index (χ3v) is 5.28. The number of rotatable bonds is 3. The number of thiophene rings is 2. The van der Waals surface area contributed by atoms with Gasteiger partial charge in [-0.2, -0.15) is 0 Å². The molecule has 0 saturated carbocycles. The van der Waals surface area contributed by atoms with Crippen LogP contribution in [0.3, 0.4) is 0 Å². The van der Waals surface area contributed by atoms with Crippen LogP contribution in [0.2, 0.25) is 0 Å². The van der Waals surface area contributed by atoms with Crippen LogP contribution in [0.1, 0.15) is 24.3 Å². The van der Waals surface area contributed by atoms with E-state index in [0.717, 1.165) is 16.6 Å². The molecule has 1 atom stereocenters. The molecule has 1 unspecified atom stereocenters. The highest BCUT2D eigenvalue weighted by Crippen LogP contribution is 2.26. The number of nitrogens with one attached hydrogen (secondary N) is 1. The fraction of sp³-hybridized carbons (Fsp3) is 0.231. The summed E-state index contributed by atoms with van der Waals surface area (Å²) in [5, 5.41) is 3.94. The highest BCUT2D eigenvalue weighted by molar-refractivity contribution is 7.71. The molecule has 3 heterocycles. The minimum Gasteiger partial charge on any atom is -0.331 e. The summed E-state index contributed by atoms with van der Waals surface area (Å²) in [5.74, 6) is 0. The first-order valence-electron chi connectivity index (χ1n) is 5.97. The maximum atomic E-state index is 12.6. The van der Waals surface area contributed by atoms with E-state index in [0.29, 0.717) is 4.77 Å². The molecule has 0 aliphatic rings. The molecule has 0 spiro atoms. The summed E-state index contributed by atoms with van der Waals surface area (Å²) in [5.41, 5.74) is 0.839. The Balaban J connectivity index is 2.29. The molecule has 3 aromatic rings. The SMILES string of the molecule is CCC(c1cccs1)n1c(=S)[nH]c2ccsc2c1=O. The zero-order valence-corrected chi connectivity index (χ0v) is 12.7. The highest BCUT2D eigenvalue weighted by Gasteiger charge is 2.17. The quantitative estimate of drug-likeness (QED) is 0.737. The Kier molecular flexibility index (Phi) is 3.38. The van der Waals surface area contributed by atoms with Crippen LogP contribution in [0.15, 0.2) is 33.8 Å². The zero-order valence-electron chi connectivity index (χ0n) is 10.3. The molecule has 0 aliphatic carbocycles. The number of aromatic amines is 1. The topological polar surface area (TPSA) is 37.8 Å². The van der Waals surface area contributed by atoms with Gasteiger partial charge in [0.05, 0.1) is 11.6 Å². The van der Waals surface area contributed by atoms with Crippen LogP contribution >= 0.6 is 34.9 Å². The molecule has 0 amide bonds. The molecule has 0 aromatic carbocycles. The summed E-state index contributed by atoms with van der Waals surface area (Å²) in [7, 11) is 0. The first kappa shape index (κ1) is 12.8. The third-order valence-electron chi connectivity index (χ3n) is 3.11. The van der Waals surface area contributed by atoms with Crippen molar-refractivity contribution in [2.24, 2.45) is 0 Å². The van der Waals surface area contributed by atoms with Crippen molar-refractivity contribution in [1.82, 2.24) is 9.55 Å². The average Bonchev–Trinajstić information content (AvgIpc) is 3.04. The summed E-state index contributed by atoms with van der Waals surface area (Å²) in [4.78, 5) is 16.9. The largest absolute Gasteiger partial charge is 0.331 e. The Morgan fingerprint density at radius 3 is 2.89 bits per heavy atom. The molecule has 3 nitrogen and oxygen atoms in total. The number of nitrogens with zero attached hydrogens (tertiary/aromatic N) is 1. The third kappa shape index (κ3) is 2.09. The van der Waals surface area contributed by atoms with E-state index in [4.69, 9.17) is 12.2 Å². The van der Waals surface area contributed by atoms with Crippen molar-refractivity contribution in [1.29, 1.82) is 0 Å². The van der Waals surface area contributed by atoms with Crippen LogP contribution in [0.5, 0.6) is 0 Å². The second-order valence-electron chi connectivity index (χ2n) is 4.21. The van der Waals surface area contributed by atoms with E-state index in [1.54, 1.807) is 15.9 Å². The van der Waals surface area contributed by atoms with Gasteiger partial charge in [0.25, 0.3) is 5.56 Å². The summed E-state index contributed by atoms with van der Waals surface area (Å²) in [6, 6.07) is 5.97. The van der Waals surface area contributed by atoms with Gasteiger partial charge in [-0.25, -0.2) is 0 Å². The second kappa shape index (κ2) is 5.03. The predicted molar refractivity (Wildman–Crippen MR) is 84.0 cm³/mol. The van der Waals surface area contributed by atoms with Gasteiger partial charge in [-0.3, -0.25) is 9.36 Å². The van der Waals surface area contributed by atoms with E-state index in [1.165, 1.54) is 16.2 Å². The van der Waals surface area contributed by atoms with Gasteiger partial charge in [0.15, 0.2) is 4.77 Å². The standard InChI is InChI=1S/C13H12N2OS3/c1-2-9(10-4-3-6-18-10)15-12(16)11-8(5-7-19-11)14-13(15)17/h3-7,9H,2H2,1H3,(H,14,17). The minimum absolute atomic E-state index is 0.00833. The van der Waals surface area contributed by atoms with Crippen LogP contribution in [0, 0.1) is 4.77 Å². The molecule has 0 radical (unpaired) electrons. The van der Waals surface area contributed by atoms with E-state index in [-0.39, 0.29) is 11.6 Å². The maximum Gasteiger partial charge on any atom is 0.272 e. The van der Waals surface area contributed by atoms with Gasteiger partial charge in [0, 0.05) is 4.88 Å². The average molecular weight is 308 g/mol. The van der Waals surface area contributed by atoms with Crippen molar-refractivity contribution >= 4 is 45.1 Å². The summed E-state index contributed by atoms with van der Waals surface area (Å²) >= 11 is 8.48. The number of hydrogen-bond acceptors (Lipinski definition) is 4. The molecule has 19 heavy (non-hydrogen) atoms. The van der Waals surface area contributed by atoms with Gasteiger partial charge in [-0.15, -0.1) is 22.7 Å². The van der Waals surface area contributed by atoms with Crippen molar-refractivity contribution in [3.05, 3.63) is 49.0 Å². The lowest BCUT2D eigenvalue weighted by molar-refractivity contribution is 0.546. The Hall–Kier alpha value is -1.24. The molecule has 3 rings (SSSR count). The molecule has 6 heteroatoms. The van der Waals surface area contributed by atoms with Crippen molar-refractivity contribution in [3.8, 4) is 0 Å². The first-order chi connectivity index (χ1) is 9.22. The fourth-order valence-corrected chi connectivity index (χ4v) is 4.23. The van der Waals surface area contributed by atoms with Crippen LogP contribution in [0.4, 0.5) is 0 Å². The Labute approximate surface area is 123 Å². The fourth-order valence-electron chi connectivity index (χ4n) is 2.23. The molecular weight excluding hydrogens is 296 g/mol. The van der Waals surface area contributed by atoms with E-state index in [9.17, 15) is 4.79 Å². The van der Waals surface area contributed by atoms with E-state index in [2.05, 4.69) is 18.0 Å². The lowest BCUT2D eigenvalue weighted by Gasteiger charge is -2.16. The predicted octanol–water partition coefficient (Wildman–Crippen LogP) is 4.18. The normalized spacial score (nSPS) is 12.9. The second-order valence-corrected chi connectivity index (χ2v) is 6.49. The Bertz CT molecular complexity index is 810. The van der Waals surface area contributed by atoms with Crippen molar-refractivity contribution in [3.63, 3.8) is 0 Å². The van der Waals surface area contributed by atoms with Crippen LogP contribution in [-0.4, -0.2) is 9.55 Å². The highest BCUT2D eigenvalue weighted by atomic mass is 32.1. The lowest BCUT2D eigenvalue weighted by atomic mass is 10.2. The van der Waals surface area contributed by atoms with Crippen LogP contribution in [-0.2, 0) is 0 Å². The van der Waals surface area contributed by atoms with Crippen molar-refractivity contribution in [2.45, 2.75) is 19.4 Å². The first-order valence-corrected chi connectivity index (χ1v) is 8.14. The number of H-pyrrole nitrogens is 1. The molecule has 0 aliphatic heterocycles. The monoisotopic (exact) mass is 308 g/mol. The Morgan fingerprint density at radius 1 is 1.37 bits per heavy atom. The Morgan fingerprint density at radius 2 is 2.21 bits per heavy atom. The van der Waals surface area contributed by atoms with Crippen LogP contribution in [0.25, 0.3) is 10.2 Å². The maximum absolute atomic E-state index is 12.6. The molecule has 98 valence electrons. The van der Waals surface area contributed by atoms with E-state index in [1.807, 2.05) is 22.9 Å². The van der Waals surface area contributed by atoms with E-state index < -0.39 is 0 Å². The van der Waals surface area contributed by atoms with Crippen molar-refractivity contribution < 1.29 is 0 Å². The van der Waals surface area contributed by atoms with Gasteiger partial charge in [-0.1, -0.05) is 13.0 Å². The lowest BCUT2D eigenvalue weighted by Crippen LogP contribution is -2.26. The van der Waals surface area contributed by atoms with Gasteiger partial charge in [0.1, 0.15) is 4.70 Å². The minimum atomic E-state index is 0.00833. The molecular formula is C13H12N2OS3. The number of fused-ring (bicyclic) bond motifs is 1. The van der Waals surface area contributed by atoms with Crippen molar-refractivity contribution in [2.75, 3.05) is 0 Å². The summed E-state index contributed by atoms with van der Waals surface area (Å²) in [6.07, 6.45) is 0.842. The van der Waals surface area contributed by atoms with Gasteiger partial charge >= 0.3 is 0 Å². The van der Waals surface area contributed by atoms with Crippen LogP contribution < -0.4 is 5.56 Å². The van der Waals surface area contributed by atoms with Gasteiger partial charge in [-0.05, 0) is 41.5 Å². The molecule has 1 N–H and O–H groups in total. The smallest absolute Gasteiger partial charge is 0.272 e. The van der Waals surface area contributed by atoms with Gasteiger partial charge in [0.2, 0.25) is 0 Å². The number of aromatic nitrogens is 2. The summed E-state index contributed by atoms with van der Waals surface area (Å²) < 4.78 is 2.94. The molecule has 0 bridgehead atoms. The number of hydrogen-bond donors (Lipinski definition) is 1. The molecule has 3 aromatic heterocycles. The molecule has 0 saturated heterocycles. The zero-order chi connectivity index (χ0) is 13.4. The summed E-state index contributed by atoms with van der Waals surface area (Å²) in [6.45, 7) is 2.07. The van der Waals surface area contributed by atoms with Gasteiger partial charge < -0.3 is 4.98 Å². The molecule has 0 fully saturated rings. The van der Waals surface area contributed by atoms with E-state index >= 15 is 0 Å².